The van der Waals surface area contributed by atoms with Crippen LogP contribution in [0.25, 0.3) is 5.65 Å². The number of nitrogen functional groups attached to an aromatic ring is 1. The number of β-lactam (4-membered cyclic amide) rings is 1. The number of carboxylic acid groups (broad SMARTS) is 1. The number of carbonyl (C=O) groups excluding carboxylic acids is 3. The molecular formula is C20H19N9O5S2. The Bertz CT molecular complexity index is 1460. The number of nitrogens with one attached hydrogen (secondary N) is 1. The van der Waals surface area contributed by atoms with Gasteiger partial charge in [-0.15, -0.1) is 11.8 Å². The Morgan fingerprint density at radius 2 is 2.22 bits per heavy atom. The van der Waals surface area contributed by atoms with E-state index >= 15 is 0 Å². The lowest BCUT2D eigenvalue weighted by Crippen LogP contribution is -2.71. The van der Waals surface area contributed by atoms with Crippen LogP contribution in [0.15, 0.2) is 41.0 Å². The molecule has 0 unspecified atom stereocenters. The lowest BCUT2D eigenvalue weighted by molar-refractivity contribution is -0.664. The number of carbonyl (C=O) groups is 3. The molecule has 0 bridgehead atoms. The number of anilines is 1. The van der Waals surface area contributed by atoms with Crippen molar-refractivity contribution >= 4 is 57.6 Å². The van der Waals surface area contributed by atoms with E-state index in [1.165, 1.54) is 18.9 Å². The van der Waals surface area contributed by atoms with Crippen molar-refractivity contribution in [3.05, 3.63) is 47.3 Å². The number of aryl methyl sites for hydroxylation is 1. The molecule has 5 heterocycles. The summed E-state index contributed by atoms with van der Waals surface area (Å²) in [6.45, 7) is 2.12. The fraction of sp³-hybridized carbons (Fsp3) is 0.300. The van der Waals surface area contributed by atoms with Crippen LogP contribution in [0.5, 0.6) is 0 Å². The molecule has 186 valence electrons. The van der Waals surface area contributed by atoms with Crippen LogP contribution < -0.4 is 20.7 Å². The number of hydrogen-bond acceptors (Lipinski definition) is 12. The lowest BCUT2D eigenvalue weighted by Gasteiger charge is -2.50. The maximum atomic E-state index is 13.0. The first-order valence-corrected chi connectivity index (χ1v) is 12.3. The van der Waals surface area contributed by atoms with Gasteiger partial charge in [0, 0.05) is 28.5 Å². The summed E-state index contributed by atoms with van der Waals surface area (Å²) >= 11 is 2.21. The Morgan fingerprint density at radius 1 is 1.42 bits per heavy atom. The van der Waals surface area contributed by atoms with Gasteiger partial charge in [0.2, 0.25) is 11.5 Å². The molecule has 2 aliphatic rings. The number of hydrogen-bond donors (Lipinski definition) is 2. The number of thioether (sulfide) groups is 1. The highest BCUT2D eigenvalue weighted by molar-refractivity contribution is 8.00. The molecule has 14 nitrogen and oxygen atoms in total. The number of nitrogens with two attached hydrogens (primary N) is 1. The van der Waals surface area contributed by atoms with Gasteiger partial charge in [-0.05, 0) is 18.6 Å². The van der Waals surface area contributed by atoms with Gasteiger partial charge in [0.25, 0.3) is 23.8 Å². The van der Waals surface area contributed by atoms with Gasteiger partial charge in [0.1, 0.15) is 24.2 Å². The Balaban J connectivity index is 1.38. The van der Waals surface area contributed by atoms with Crippen LogP contribution in [0, 0.1) is 6.92 Å². The number of aromatic nitrogens is 5. The van der Waals surface area contributed by atoms with Crippen molar-refractivity contribution in [3.63, 3.8) is 0 Å². The maximum Gasteiger partial charge on any atom is 0.278 e. The molecule has 0 radical (unpaired) electrons. The largest absolute Gasteiger partial charge is 0.543 e. The Kier molecular flexibility index (Phi) is 6.05. The quantitative estimate of drug-likeness (QED) is 0.148. The van der Waals surface area contributed by atoms with E-state index in [0.29, 0.717) is 11.3 Å². The van der Waals surface area contributed by atoms with E-state index in [-0.39, 0.29) is 28.9 Å². The first-order chi connectivity index (χ1) is 17.3. The van der Waals surface area contributed by atoms with E-state index in [1.807, 2.05) is 25.1 Å². The number of fused-ring (bicyclic) bond motifs is 2. The standard InChI is InChI=1S/C20H19N9O5S2/c1-9-4-3-5-11-27(8-22-29(9)11)6-10-7-35-18-13(17(31)28(18)14(10)19(32)33)23-16(30)12(25-34-2)15-24-20(21)36-26-15/h3-5,8,13,18H,6-7H2,1-2H3,(H3-,21,23,24,26,30,32,33)/b25-12-/t13-,18-/m1/s1. The molecule has 36 heavy (non-hydrogen) atoms. The van der Waals surface area contributed by atoms with Crippen molar-refractivity contribution in [2.75, 3.05) is 18.6 Å². The fourth-order valence-electron chi connectivity index (χ4n) is 4.07. The summed E-state index contributed by atoms with van der Waals surface area (Å²) in [5.74, 6) is -2.54. The van der Waals surface area contributed by atoms with Gasteiger partial charge in [-0.25, -0.2) is 4.57 Å². The van der Waals surface area contributed by atoms with E-state index in [4.69, 9.17) is 10.6 Å². The van der Waals surface area contributed by atoms with Gasteiger partial charge in [-0.2, -0.15) is 9.36 Å². The Morgan fingerprint density at radius 3 is 2.92 bits per heavy atom. The minimum atomic E-state index is -1.47. The summed E-state index contributed by atoms with van der Waals surface area (Å²) in [7, 11) is 1.25. The normalized spacial score (nSPS) is 19.8. The molecule has 3 aromatic rings. The molecule has 2 amide bonds. The Hall–Kier alpha value is -4.05. The van der Waals surface area contributed by atoms with Gasteiger partial charge in [-0.3, -0.25) is 14.5 Å². The minimum Gasteiger partial charge on any atom is -0.543 e. The molecule has 2 atom stereocenters. The van der Waals surface area contributed by atoms with Crippen LogP contribution >= 0.6 is 23.3 Å². The molecule has 3 N–H and O–H groups in total. The predicted octanol–water partition coefficient (Wildman–Crippen LogP) is -2.18. The molecule has 0 saturated carbocycles. The van der Waals surface area contributed by atoms with Crippen molar-refractivity contribution < 1.29 is 28.9 Å². The van der Waals surface area contributed by atoms with Crippen molar-refractivity contribution in [2.45, 2.75) is 24.9 Å². The van der Waals surface area contributed by atoms with Crippen LogP contribution in [0.4, 0.5) is 5.13 Å². The van der Waals surface area contributed by atoms with Gasteiger partial charge >= 0.3 is 0 Å². The Labute approximate surface area is 211 Å². The smallest absolute Gasteiger partial charge is 0.278 e. The van der Waals surface area contributed by atoms with Gasteiger partial charge < -0.3 is 25.8 Å². The maximum absolute atomic E-state index is 13.0. The monoisotopic (exact) mass is 529 g/mol. The summed E-state index contributed by atoms with van der Waals surface area (Å²) in [6, 6.07) is 4.67. The summed E-state index contributed by atoms with van der Waals surface area (Å²) in [5.41, 5.74) is 7.32. The molecule has 2 aliphatic heterocycles. The topological polar surface area (TPSA) is 184 Å². The van der Waals surface area contributed by atoms with Crippen molar-refractivity contribution in [3.8, 4) is 0 Å². The van der Waals surface area contributed by atoms with Crippen LogP contribution in [0.2, 0.25) is 0 Å². The van der Waals surface area contributed by atoms with Crippen LogP contribution in [0.3, 0.4) is 0 Å². The molecule has 0 spiro atoms. The molecule has 16 heteroatoms. The highest BCUT2D eigenvalue weighted by Crippen LogP contribution is 2.40. The van der Waals surface area contributed by atoms with E-state index in [1.54, 1.807) is 15.4 Å². The molecular weight excluding hydrogens is 510 g/mol. The van der Waals surface area contributed by atoms with Gasteiger partial charge in [0.15, 0.2) is 5.13 Å². The third-order valence-corrected chi connectivity index (χ3v) is 7.56. The predicted molar refractivity (Wildman–Crippen MR) is 125 cm³/mol. The molecule has 3 aromatic heterocycles. The first kappa shape index (κ1) is 23.7. The highest BCUT2D eigenvalue weighted by Gasteiger charge is 2.53. The van der Waals surface area contributed by atoms with Crippen molar-refractivity contribution in [1.29, 1.82) is 0 Å². The van der Waals surface area contributed by atoms with Gasteiger partial charge in [0.05, 0.1) is 18.2 Å². The average molecular weight is 530 g/mol. The molecule has 0 aliphatic carbocycles. The summed E-state index contributed by atoms with van der Waals surface area (Å²) < 4.78 is 7.49. The van der Waals surface area contributed by atoms with E-state index in [9.17, 15) is 19.5 Å². The molecule has 1 fully saturated rings. The lowest BCUT2D eigenvalue weighted by atomic mass is 10.0. The zero-order valence-electron chi connectivity index (χ0n) is 18.9. The number of carboxylic acids is 1. The molecule has 1 saturated heterocycles. The average Bonchev–Trinajstić information content (AvgIpc) is 3.47. The van der Waals surface area contributed by atoms with Crippen LogP contribution in [-0.4, -0.2) is 71.6 Å². The third kappa shape index (κ3) is 3.93. The first-order valence-electron chi connectivity index (χ1n) is 10.5. The van der Waals surface area contributed by atoms with E-state index in [2.05, 4.69) is 24.9 Å². The second kappa shape index (κ2) is 9.19. The van der Waals surface area contributed by atoms with Gasteiger partial charge in [-0.1, -0.05) is 15.7 Å². The SMILES string of the molecule is CO/N=C(\C(=O)N[C@@H]1C(=O)N2C(C(=O)[O-])=C(C[n+]3cnn4c(C)cccc43)CS[C@H]12)c1nsc(N)n1. The second-order valence-electron chi connectivity index (χ2n) is 7.88. The van der Waals surface area contributed by atoms with Crippen LogP contribution in [0.1, 0.15) is 11.5 Å². The minimum absolute atomic E-state index is 0.0463. The zero-order chi connectivity index (χ0) is 25.6. The van der Waals surface area contributed by atoms with Crippen molar-refractivity contribution in [1.82, 2.24) is 29.2 Å². The number of rotatable bonds is 7. The molecule has 0 aromatic carbocycles. The summed E-state index contributed by atoms with van der Waals surface area (Å²) in [5, 5.41) is 22.2. The van der Waals surface area contributed by atoms with Crippen molar-refractivity contribution in [2.24, 2.45) is 5.16 Å². The van der Waals surface area contributed by atoms with Crippen LogP contribution in [-0.2, 0) is 25.8 Å². The third-order valence-electron chi connectivity index (χ3n) is 5.67. The fourth-order valence-corrected chi connectivity index (χ4v) is 5.84. The zero-order valence-corrected chi connectivity index (χ0v) is 20.6. The number of pyridine rings is 1. The summed E-state index contributed by atoms with van der Waals surface area (Å²) in [6.07, 6.45) is 1.61. The number of aliphatic carboxylic acids is 1. The second-order valence-corrected chi connectivity index (χ2v) is 9.76. The summed E-state index contributed by atoms with van der Waals surface area (Å²) in [4.78, 5) is 47.7. The number of nitrogens with zero attached hydrogens (tertiary/aromatic N) is 7. The van der Waals surface area contributed by atoms with E-state index < -0.39 is 29.2 Å². The number of oxime groups is 1. The highest BCUT2D eigenvalue weighted by atomic mass is 32.2. The molecule has 5 rings (SSSR count). The number of amides is 2. The van der Waals surface area contributed by atoms with E-state index in [0.717, 1.165) is 27.8 Å².